The zero-order chi connectivity index (χ0) is 25.5. The molecule has 0 aliphatic heterocycles. The second-order valence-electron chi connectivity index (χ2n) is 9.93. The average Bonchev–Trinajstić information content (AvgIpc) is 3.33. The molecule has 4 rings (SSSR count). The fourth-order valence-electron chi connectivity index (χ4n) is 5.03. The second kappa shape index (κ2) is 12.0. The van der Waals surface area contributed by atoms with Gasteiger partial charge < -0.3 is 14.4 Å². The van der Waals surface area contributed by atoms with Crippen molar-refractivity contribution in [2.24, 2.45) is 0 Å². The van der Waals surface area contributed by atoms with Gasteiger partial charge in [-0.15, -0.1) is 0 Å². The van der Waals surface area contributed by atoms with Crippen LogP contribution in [0.1, 0.15) is 67.6 Å². The number of halogens is 1. The molecule has 0 N–H and O–H groups in total. The van der Waals surface area contributed by atoms with E-state index in [0.29, 0.717) is 6.54 Å². The van der Waals surface area contributed by atoms with Gasteiger partial charge in [0, 0.05) is 30.5 Å². The highest BCUT2D eigenvalue weighted by atomic mass is 19.1. The van der Waals surface area contributed by atoms with Crippen LogP contribution in [0.3, 0.4) is 0 Å². The van der Waals surface area contributed by atoms with Crippen LogP contribution in [-0.4, -0.2) is 44.8 Å². The Morgan fingerprint density at radius 3 is 2.33 bits per heavy atom. The van der Waals surface area contributed by atoms with Crippen LogP contribution < -0.4 is 0 Å². The average molecular weight is 490 g/mol. The number of hydrogen-bond acceptors (Lipinski definition) is 2. The molecule has 36 heavy (non-hydrogen) atoms. The molecule has 1 aliphatic carbocycles. The summed E-state index contributed by atoms with van der Waals surface area (Å²) in [6.45, 7) is 4.88. The van der Waals surface area contributed by atoms with Gasteiger partial charge in [0.05, 0.1) is 12.1 Å². The molecule has 0 atom stereocenters. The number of carbonyl (C=O) groups excluding carboxylic acids is 2. The molecule has 0 spiro atoms. The molecule has 0 bridgehead atoms. The van der Waals surface area contributed by atoms with Crippen LogP contribution in [0.5, 0.6) is 0 Å². The summed E-state index contributed by atoms with van der Waals surface area (Å²) in [5.41, 5.74) is 2.27. The van der Waals surface area contributed by atoms with Crippen molar-refractivity contribution in [3.8, 4) is 0 Å². The second-order valence-corrected chi connectivity index (χ2v) is 9.93. The maximum atomic E-state index is 14.4. The van der Waals surface area contributed by atoms with Crippen molar-refractivity contribution < 1.29 is 14.0 Å². The van der Waals surface area contributed by atoms with Crippen LogP contribution in [0.15, 0.2) is 72.9 Å². The summed E-state index contributed by atoms with van der Waals surface area (Å²) in [6, 6.07) is 20.2. The molecule has 190 valence electrons. The normalized spacial score (nSPS) is 14.1. The Labute approximate surface area is 213 Å². The highest BCUT2D eigenvalue weighted by Gasteiger charge is 2.30. The molecular formula is C30H36FN3O2. The quantitative estimate of drug-likeness (QED) is 0.376. The standard InChI is InChI=1S/C30H36FN3O2/c1-23(2)33(30(36)27-17-9-10-18-28(27)31)22-29(35)34(25-14-7-4-8-15-25)21-26-16-11-19-32(26)20-24-12-5-3-6-13-24/h3,5-6,9-13,16-19,23,25H,4,7-8,14-15,20-22H2,1-2H3. The lowest BCUT2D eigenvalue weighted by atomic mass is 9.94. The van der Waals surface area contributed by atoms with Crippen LogP contribution >= 0.6 is 0 Å². The van der Waals surface area contributed by atoms with Crippen LogP contribution in [0, 0.1) is 5.82 Å². The Kier molecular flexibility index (Phi) is 8.57. The van der Waals surface area contributed by atoms with Crippen LogP contribution in [0.2, 0.25) is 0 Å². The predicted octanol–water partition coefficient (Wildman–Crippen LogP) is 5.89. The Hall–Kier alpha value is -3.41. The maximum absolute atomic E-state index is 14.4. The lowest BCUT2D eigenvalue weighted by Gasteiger charge is -2.37. The third-order valence-electron chi connectivity index (χ3n) is 7.08. The zero-order valence-corrected chi connectivity index (χ0v) is 21.3. The van der Waals surface area contributed by atoms with Gasteiger partial charge in [0.25, 0.3) is 5.91 Å². The summed E-state index contributed by atoms with van der Waals surface area (Å²) >= 11 is 0. The number of rotatable bonds is 9. The monoisotopic (exact) mass is 489 g/mol. The van der Waals surface area contributed by atoms with E-state index in [-0.39, 0.29) is 30.1 Å². The van der Waals surface area contributed by atoms with Gasteiger partial charge in [0.2, 0.25) is 5.91 Å². The van der Waals surface area contributed by atoms with E-state index in [2.05, 4.69) is 22.8 Å². The van der Waals surface area contributed by atoms with Crippen LogP contribution in [0.4, 0.5) is 4.39 Å². The minimum atomic E-state index is -0.566. The highest BCUT2D eigenvalue weighted by molar-refractivity contribution is 5.97. The van der Waals surface area contributed by atoms with Gasteiger partial charge in [-0.05, 0) is 56.5 Å². The maximum Gasteiger partial charge on any atom is 0.257 e. The topological polar surface area (TPSA) is 45.6 Å². The summed E-state index contributed by atoms with van der Waals surface area (Å²) in [4.78, 5) is 30.5. The Morgan fingerprint density at radius 1 is 0.944 bits per heavy atom. The first kappa shape index (κ1) is 25.7. The Morgan fingerprint density at radius 2 is 1.64 bits per heavy atom. The van der Waals surface area contributed by atoms with E-state index in [0.717, 1.165) is 37.9 Å². The van der Waals surface area contributed by atoms with Crippen molar-refractivity contribution >= 4 is 11.8 Å². The molecule has 1 fully saturated rings. The van der Waals surface area contributed by atoms with Crippen molar-refractivity contribution in [1.82, 2.24) is 14.4 Å². The number of aromatic nitrogens is 1. The summed E-state index contributed by atoms with van der Waals surface area (Å²) < 4.78 is 16.6. The summed E-state index contributed by atoms with van der Waals surface area (Å²) in [7, 11) is 0. The number of benzene rings is 2. The molecule has 3 aromatic rings. The molecule has 6 heteroatoms. The SMILES string of the molecule is CC(C)N(CC(=O)N(Cc1cccn1Cc1ccccc1)C1CCCCC1)C(=O)c1ccccc1F. The minimum Gasteiger partial charge on any atom is -0.345 e. The molecule has 0 saturated heterocycles. The lowest BCUT2D eigenvalue weighted by molar-refractivity contribution is -0.136. The molecule has 0 radical (unpaired) electrons. The van der Waals surface area contributed by atoms with E-state index in [4.69, 9.17) is 0 Å². The van der Waals surface area contributed by atoms with Crippen LogP contribution in [-0.2, 0) is 17.9 Å². The molecule has 2 aromatic carbocycles. The Bertz CT molecular complexity index is 1150. The van der Waals surface area contributed by atoms with Crippen molar-refractivity contribution in [2.45, 2.75) is 71.1 Å². The molecule has 1 aliphatic rings. The molecule has 5 nitrogen and oxygen atoms in total. The van der Waals surface area contributed by atoms with Gasteiger partial charge in [0.1, 0.15) is 12.4 Å². The van der Waals surface area contributed by atoms with Crippen molar-refractivity contribution in [1.29, 1.82) is 0 Å². The molecule has 1 heterocycles. The molecule has 0 unspecified atom stereocenters. The Balaban J connectivity index is 1.56. The van der Waals surface area contributed by atoms with Crippen molar-refractivity contribution in [3.63, 3.8) is 0 Å². The lowest BCUT2D eigenvalue weighted by Crippen LogP contribution is -2.49. The first-order chi connectivity index (χ1) is 17.4. The van der Waals surface area contributed by atoms with Gasteiger partial charge >= 0.3 is 0 Å². The predicted molar refractivity (Wildman–Crippen MR) is 140 cm³/mol. The highest BCUT2D eigenvalue weighted by Crippen LogP contribution is 2.25. The molecule has 2 amide bonds. The number of carbonyl (C=O) groups is 2. The first-order valence-electron chi connectivity index (χ1n) is 13.0. The van der Waals surface area contributed by atoms with Crippen LogP contribution in [0.25, 0.3) is 0 Å². The summed E-state index contributed by atoms with van der Waals surface area (Å²) in [6.07, 6.45) is 7.37. The van der Waals surface area contributed by atoms with Gasteiger partial charge in [-0.1, -0.05) is 61.7 Å². The molecule has 1 aromatic heterocycles. The first-order valence-corrected chi connectivity index (χ1v) is 13.0. The van der Waals surface area contributed by atoms with E-state index in [9.17, 15) is 14.0 Å². The van der Waals surface area contributed by atoms with Gasteiger partial charge in [-0.2, -0.15) is 0 Å². The van der Waals surface area contributed by atoms with Gasteiger partial charge in [-0.25, -0.2) is 4.39 Å². The summed E-state index contributed by atoms with van der Waals surface area (Å²) in [5, 5.41) is 0. The van der Waals surface area contributed by atoms with E-state index in [1.54, 1.807) is 12.1 Å². The third kappa shape index (κ3) is 6.23. The molecular weight excluding hydrogens is 453 g/mol. The van der Waals surface area contributed by atoms with E-state index in [1.165, 1.54) is 29.0 Å². The largest absolute Gasteiger partial charge is 0.345 e. The minimum absolute atomic E-state index is 0.0000427. The summed E-state index contributed by atoms with van der Waals surface area (Å²) in [5.74, 6) is -1.11. The van der Waals surface area contributed by atoms with E-state index >= 15 is 0 Å². The van der Waals surface area contributed by atoms with E-state index in [1.807, 2.05) is 49.2 Å². The smallest absolute Gasteiger partial charge is 0.257 e. The third-order valence-corrected chi connectivity index (χ3v) is 7.08. The molecule has 1 saturated carbocycles. The zero-order valence-electron chi connectivity index (χ0n) is 21.3. The van der Waals surface area contributed by atoms with Gasteiger partial charge in [0.15, 0.2) is 0 Å². The fourth-order valence-corrected chi connectivity index (χ4v) is 5.03. The number of hydrogen-bond donors (Lipinski definition) is 0. The number of amides is 2. The van der Waals surface area contributed by atoms with Crippen molar-refractivity contribution in [3.05, 3.63) is 95.6 Å². The van der Waals surface area contributed by atoms with E-state index < -0.39 is 11.7 Å². The van der Waals surface area contributed by atoms with Gasteiger partial charge in [-0.3, -0.25) is 9.59 Å². The van der Waals surface area contributed by atoms with Crippen molar-refractivity contribution in [2.75, 3.05) is 6.54 Å². The fraction of sp³-hybridized carbons (Fsp3) is 0.400. The number of nitrogens with zero attached hydrogens (tertiary/aromatic N) is 3.